The van der Waals surface area contributed by atoms with Crippen molar-refractivity contribution in [2.45, 2.75) is 6.92 Å². The number of nitrogens with zero attached hydrogens (tertiary/aromatic N) is 3. The minimum Gasteiger partial charge on any atom is -0.398 e. The molecule has 5 heteroatoms. The lowest BCUT2D eigenvalue weighted by Gasteiger charge is -2.18. The highest BCUT2D eigenvalue weighted by Crippen LogP contribution is 2.11. The fourth-order valence-electron chi connectivity index (χ4n) is 1.32. The number of pyridine rings is 1. The number of nitrogens with two attached hydrogens (primary N) is 1. The van der Waals surface area contributed by atoms with Crippen molar-refractivity contribution in [2.24, 2.45) is 5.92 Å². The highest BCUT2D eigenvalue weighted by atomic mass is 16.2. The molecule has 16 heavy (non-hydrogen) atoms. The molecule has 2 N–H and O–H groups in total. The molecular weight excluding hydrogens is 204 g/mol. The molecule has 0 fully saturated rings. The molecule has 0 aliphatic heterocycles. The first-order valence-corrected chi connectivity index (χ1v) is 4.90. The zero-order valence-corrected chi connectivity index (χ0v) is 9.34. The van der Waals surface area contributed by atoms with Gasteiger partial charge in [0.25, 0.3) is 5.91 Å². The number of nitrogen functional groups attached to an aromatic ring is 1. The van der Waals surface area contributed by atoms with E-state index >= 15 is 0 Å². The maximum atomic E-state index is 11.9. The molecule has 1 aromatic rings. The van der Waals surface area contributed by atoms with E-state index in [1.807, 2.05) is 0 Å². The van der Waals surface area contributed by atoms with Crippen LogP contribution in [0.3, 0.4) is 0 Å². The van der Waals surface area contributed by atoms with Crippen LogP contribution in [0.25, 0.3) is 0 Å². The van der Waals surface area contributed by atoms with Gasteiger partial charge in [-0.15, -0.1) is 0 Å². The highest BCUT2D eigenvalue weighted by molar-refractivity contribution is 5.98. The molecule has 0 aliphatic carbocycles. The fourth-order valence-corrected chi connectivity index (χ4v) is 1.32. The van der Waals surface area contributed by atoms with E-state index in [0.29, 0.717) is 17.8 Å². The average molecular weight is 218 g/mol. The molecule has 0 aliphatic rings. The lowest BCUT2D eigenvalue weighted by molar-refractivity contribution is 0.0785. The number of carbonyl (C=O) groups excluding carboxylic acids is 1. The summed E-state index contributed by atoms with van der Waals surface area (Å²) in [5, 5.41) is 8.67. The van der Waals surface area contributed by atoms with Gasteiger partial charge in [0.1, 0.15) is 0 Å². The van der Waals surface area contributed by atoms with E-state index in [0.717, 1.165) is 0 Å². The van der Waals surface area contributed by atoms with Crippen molar-refractivity contribution in [1.82, 2.24) is 9.88 Å². The van der Waals surface area contributed by atoms with Crippen LogP contribution in [0.4, 0.5) is 5.69 Å². The van der Waals surface area contributed by atoms with Gasteiger partial charge in [-0.1, -0.05) is 0 Å². The summed E-state index contributed by atoms with van der Waals surface area (Å²) in [6.07, 6.45) is 2.97. The zero-order chi connectivity index (χ0) is 12.1. The van der Waals surface area contributed by atoms with E-state index < -0.39 is 0 Å². The summed E-state index contributed by atoms with van der Waals surface area (Å²) in [7, 11) is 1.64. The molecule has 0 radical (unpaired) electrons. The minimum absolute atomic E-state index is 0.202. The van der Waals surface area contributed by atoms with Crippen LogP contribution >= 0.6 is 0 Å². The Morgan fingerprint density at radius 2 is 2.44 bits per heavy atom. The number of nitriles is 1. The molecule has 0 bridgehead atoms. The molecular formula is C11H14N4O. The second-order valence-electron chi connectivity index (χ2n) is 3.68. The third-order valence-corrected chi connectivity index (χ3v) is 2.20. The molecule has 0 spiro atoms. The summed E-state index contributed by atoms with van der Waals surface area (Å²) >= 11 is 0. The molecule has 1 amide bonds. The third-order valence-electron chi connectivity index (χ3n) is 2.20. The Morgan fingerprint density at radius 3 is 3.00 bits per heavy atom. The average Bonchev–Trinajstić information content (AvgIpc) is 2.28. The predicted molar refractivity (Wildman–Crippen MR) is 60.4 cm³/mol. The van der Waals surface area contributed by atoms with Crippen molar-refractivity contribution < 1.29 is 4.79 Å². The van der Waals surface area contributed by atoms with Gasteiger partial charge < -0.3 is 10.6 Å². The van der Waals surface area contributed by atoms with Crippen molar-refractivity contribution >= 4 is 11.6 Å². The van der Waals surface area contributed by atoms with Crippen LogP contribution < -0.4 is 5.73 Å². The Labute approximate surface area is 94.5 Å². The summed E-state index contributed by atoms with van der Waals surface area (Å²) < 4.78 is 0. The van der Waals surface area contributed by atoms with Crippen LogP contribution in [0.15, 0.2) is 18.5 Å². The van der Waals surface area contributed by atoms with Crippen molar-refractivity contribution in [1.29, 1.82) is 5.26 Å². The summed E-state index contributed by atoms with van der Waals surface area (Å²) in [6, 6.07) is 3.65. The summed E-state index contributed by atoms with van der Waals surface area (Å²) in [5.74, 6) is -0.417. The fraction of sp³-hybridized carbons (Fsp3) is 0.364. The Kier molecular flexibility index (Phi) is 3.84. The van der Waals surface area contributed by atoms with Gasteiger partial charge in [-0.2, -0.15) is 5.26 Å². The quantitative estimate of drug-likeness (QED) is 0.816. The second-order valence-corrected chi connectivity index (χ2v) is 3.68. The largest absolute Gasteiger partial charge is 0.398 e. The molecule has 0 saturated heterocycles. The minimum atomic E-state index is -0.215. The summed E-state index contributed by atoms with van der Waals surface area (Å²) in [6.45, 7) is 2.14. The molecule has 1 atom stereocenters. The number of hydrogen-bond acceptors (Lipinski definition) is 4. The number of anilines is 1. The first-order valence-electron chi connectivity index (χ1n) is 4.90. The van der Waals surface area contributed by atoms with Crippen LogP contribution in [-0.4, -0.2) is 29.4 Å². The van der Waals surface area contributed by atoms with E-state index in [1.54, 1.807) is 20.0 Å². The van der Waals surface area contributed by atoms with Crippen LogP contribution in [0, 0.1) is 17.2 Å². The van der Waals surface area contributed by atoms with Gasteiger partial charge in [0.15, 0.2) is 0 Å². The maximum absolute atomic E-state index is 11.9. The van der Waals surface area contributed by atoms with Crippen LogP contribution in [0.1, 0.15) is 17.3 Å². The van der Waals surface area contributed by atoms with Crippen molar-refractivity contribution in [3.8, 4) is 6.07 Å². The van der Waals surface area contributed by atoms with Gasteiger partial charge in [-0.05, 0) is 13.0 Å². The van der Waals surface area contributed by atoms with E-state index in [1.165, 1.54) is 17.3 Å². The third kappa shape index (κ3) is 2.70. The van der Waals surface area contributed by atoms with E-state index in [-0.39, 0.29) is 11.8 Å². The Balaban J connectivity index is 2.80. The van der Waals surface area contributed by atoms with Gasteiger partial charge in [-0.25, -0.2) is 0 Å². The zero-order valence-electron chi connectivity index (χ0n) is 9.34. The topological polar surface area (TPSA) is 83.0 Å². The summed E-state index contributed by atoms with van der Waals surface area (Å²) in [5.41, 5.74) is 6.44. The standard InChI is InChI=1S/C11H14N4O/c1-8(5-12)7-15(2)11(16)9-6-14-4-3-10(9)13/h3-4,6,8H,7H2,1-2H3,(H2,13,14). The number of hydrogen-bond donors (Lipinski definition) is 1. The molecule has 0 saturated carbocycles. The van der Waals surface area contributed by atoms with E-state index in [2.05, 4.69) is 11.1 Å². The molecule has 1 unspecified atom stereocenters. The lowest BCUT2D eigenvalue weighted by atomic mass is 10.1. The van der Waals surface area contributed by atoms with Gasteiger partial charge in [-0.3, -0.25) is 9.78 Å². The van der Waals surface area contributed by atoms with E-state index in [9.17, 15) is 4.79 Å². The predicted octanol–water partition coefficient (Wildman–Crippen LogP) is 0.895. The van der Waals surface area contributed by atoms with E-state index in [4.69, 9.17) is 11.0 Å². The van der Waals surface area contributed by atoms with Gasteiger partial charge in [0.2, 0.25) is 0 Å². The first-order chi connectivity index (χ1) is 7.56. The Morgan fingerprint density at radius 1 is 1.75 bits per heavy atom. The van der Waals surface area contributed by atoms with Crippen LogP contribution in [0.5, 0.6) is 0 Å². The van der Waals surface area contributed by atoms with Crippen molar-refractivity contribution in [2.75, 3.05) is 19.3 Å². The smallest absolute Gasteiger partial charge is 0.257 e. The molecule has 84 valence electrons. The summed E-state index contributed by atoms with van der Waals surface area (Å²) in [4.78, 5) is 17.2. The first kappa shape index (κ1) is 12.0. The van der Waals surface area contributed by atoms with Crippen molar-refractivity contribution in [3.05, 3.63) is 24.0 Å². The number of aromatic nitrogens is 1. The Bertz CT molecular complexity index is 424. The Hall–Kier alpha value is -2.09. The SMILES string of the molecule is CC(C#N)CN(C)C(=O)c1cnccc1N. The molecule has 1 aromatic heterocycles. The number of carbonyl (C=O) groups is 1. The number of amides is 1. The van der Waals surface area contributed by atoms with Gasteiger partial charge >= 0.3 is 0 Å². The van der Waals surface area contributed by atoms with Gasteiger partial charge in [0, 0.05) is 31.7 Å². The monoisotopic (exact) mass is 218 g/mol. The molecule has 1 rings (SSSR count). The normalized spacial score (nSPS) is 11.6. The highest BCUT2D eigenvalue weighted by Gasteiger charge is 2.16. The van der Waals surface area contributed by atoms with Crippen LogP contribution in [-0.2, 0) is 0 Å². The van der Waals surface area contributed by atoms with Gasteiger partial charge in [0.05, 0.1) is 17.6 Å². The second kappa shape index (κ2) is 5.12. The lowest BCUT2D eigenvalue weighted by Crippen LogP contribution is -2.31. The van der Waals surface area contributed by atoms with Crippen LogP contribution in [0.2, 0.25) is 0 Å². The number of rotatable bonds is 3. The molecule has 0 aromatic carbocycles. The van der Waals surface area contributed by atoms with Crippen molar-refractivity contribution in [3.63, 3.8) is 0 Å². The molecule has 1 heterocycles. The maximum Gasteiger partial charge on any atom is 0.257 e. The molecule has 5 nitrogen and oxygen atoms in total.